The zero-order chi connectivity index (χ0) is 14.1. The highest BCUT2D eigenvalue weighted by atomic mass is 16.5. The number of piperidine rings is 1. The SMILES string of the molecule is c1cnc(N2CCC3(CC2)COCCN3CC2CC2)nc1. The van der Waals surface area contributed by atoms with Crippen LogP contribution in [0.2, 0.25) is 0 Å². The van der Waals surface area contributed by atoms with Gasteiger partial charge >= 0.3 is 0 Å². The minimum absolute atomic E-state index is 0.270. The van der Waals surface area contributed by atoms with E-state index in [1.165, 1.54) is 19.4 Å². The molecule has 5 nitrogen and oxygen atoms in total. The first-order chi connectivity index (χ1) is 10.4. The third-order valence-corrected chi connectivity index (χ3v) is 5.25. The molecule has 3 aliphatic rings. The van der Waals surface area contributed by atoms with Crippen molar-refractivity contribution in [3.05, 3.63) is 18.5 Å². The number of morpholine rings is 1. The number of hydrogen-bond donors (Lipinski definition) is 0. The van der Waals surface area contributed by atoms with Crippen LogP contribution in [0.4, 0.5) is 5.95 Å². The number of aromatic nitrogens is 2. The predicted molar refractivity (Wildman–Crippen MR) is 81.3 cm³/mol. The number of ether oxygens (including phenoxy) is 1. The van der Waals surface area contributed by atoms with Crippen molar-refractivity contribution in [2.45, 2.75) is 31.2 Å². The summed E-state index contributed by atoms with van der Waals surface area (Å²) in [4.78, 5) is 13.8. The molecule has 2 aliphatic heterocycles. The lowest BCUT2D eigenvalue weighted by Gasteiger charge is -2.51. The van der Waals surface area contributed by atoms with Crippen LogP contribution >= 0.6 is 0 Å². The summed E-state index contributed by atoms with van der Waals surface area (Å²) < 4.78 is 5.84. The third kappa shape index (κ3) is 2.77. The van der Waals surface area contributed by atoms with Gasteiger partial charge in [0.2, 0.25) is 5.95 Å². The van der Waals surface area contributed by atoms with Crippen LogP contribution in [0, 0.1) is 5.92 Å². The van der Waals surface area contributed by atoms with E-state index in [4.69, 9.17) is 4.74 Å². The van der Waals surface area contributed by atoms with Crippen LogP contribution in [0.25, 0.3) is 0 Å². The van der Waals surface area contributed by atoms with Crippen LogP contribution in [0.5, 0.6) is 0 Å². The Morgan fingerprint density at radius 1 is 1.14 bits per heavy atom. The molecule has 21 heavy (non-hydrogen) atoms. The standard InChI is InChI=1S/C16H24N4O/c1-6-17-15(18-7-1)19-8-4-16(5-9-19)13-21-11-10-20(16)12-14-2-3-14/h1,6-7,14H,2-5,8-13H2. The van der Waals surface area contributed by atoms with Crippen molar-refractivity contribution in [3.63, 3.8) is 0 Å². The van der Waals surface area contributed by atoms with E-state index >= 15 is 0 Å². The summed E-state index contributed by atoms with van der Waals surface area (Å²) in [6.07, 6.45) is 8.84. The average Bonchev–Trinajstić information content (AvgIpc) is 3.36. The fourth-order valence-electron chi connectivity index (χ4n) is 3.70. The van der Waals surface area contributed by atoms with E-state index in [1.807, 2.05) is 18.5 Å². The molecule has 4 rings (SSSR count). The quantitative estimate of drug-likeness (QED) is 0.844. The van der Waals surface area contributed by atoms with Crippen molar-refractivity contribution >= 4 is 5.95 Å². The van der Waals surface area contributed by atoms with Gasteiger partial charge in [-0.15, -0.1) is 0 Å². The van der Waals surface area contributed by atoms with Gasteiger partial charge in [0.1, 0.15) is 0 Å². The molecule has 1 aliphatic carbocycles. The Kier molecular flexibility index (Phi) is 3.55. The highest BCUT2D eigenvalue weighted by Gasteiger charge is 2.44. The zero-order valence-electron chi connectivity index (χ0n) is 12.6. The van der Waals surface area contributed by atoms with Gasteiger partial charge in [-0.1, -0.05) is 0 Å². The second-order valence-electron chi connectivity index (χ2n) is 6.70. The Morgan fingerprint density at radius 2 is 1.90 bits per heavy atom. The lowest BCUT2D eigenvalue weighted by atomic mass is 9.85. The first-order valence-corrected chi connectivity index (χ1v) is 8.21. The van der Waals surface area contributed by atoms with E-state index < -0.39 is 0 Å². The summed E-state index contributed by atoms with van der Waals surface area (Å²) in [6, 6.07) is 1.88. The number of nitrogens with zero attached hydrogens (tertiary/aromatic N) is 4. The highest BCUT2D eigenvalue weighted by Crippen LogP contribution is 2.37. The molecule has 5 heteroatoms. The minimum Gasteiger partial charge on any atom is -0.378 e. The van der Waals surface area contributed by atoms with Gasteiger partial charge in [0, 0.05) is 44.1 Å². The van der Waals surface area contributed by atoms with Gasteiger partial charge in [-0.25, -0.2) is 9.97 Å². The molecule has 0 N–H and O–H groups in total. The molecule has 0 bridgehead atoms. The first kappa shape index (κ1) is 13.5. The summed E-state index contributed by atoms with van der Waals surface area (Å²) in [5, 5.41) is 0. The Balaban J connectivity index is 1.44. The Bertz CT molecular complexity index is 468. The summed E-state index contributed by atoms with van der Waals surface area (Å²) in [6.45, 7) is 6.27. The second-order valence-corrected chi connectivity index (χ2v) is 6.70. The van der Waals surface area contributed by atoms with Crippen LogP contribution in [0.15, 0.2) is 18.5 Å². The zero-order valence-corrected chi connectivity index (χ0v) is 12.6. The molecule has 0 atom stereocenters. The van der Waals surface area contributed by atoms with Crippen LogP contribution in [-0.4, -0.2) is 59.8 Å². The summed E-state index contributed by atoms with van der Waals surface area (Å²) in [5.41, 5.74) is 0.270. The second kappa shape index (κ2) is 5.54. The lowest BCUT2D eigenvalue weighted by molar-refractivity contribution is -0.0817. The van der Waals surface area contributed by atoms with E-state index in [2.05, 4.69) is 19.8 Å². The van der Waals surface area contributed by atoms with Crippen molar-refractivity contribution in [2.75, 3.05) is 44.3 Å². The molecule has 0 aromatic carbocycles. The van der Waals surface area contributed by atoms with Gasteiger partial charge in [-0.2, -0.15) is 0 Å². The van der Waals surface area contributed by atoms with E-state index in [-0.39, 0.29) is 5.54 Å². The van der Waals surface area contributed by atoms with Crippen LogP contribution in [0.3, 0.4) is 0 Å². The van der Waals surface area contributed by atoms with Gasteiger partial charge in [0.15, 0.2) is 0 Å². The first-order valence-electron chi connectivity index (χ1n) is 8.21. The Morgan fingerprint density at radius 3 is 2.62 bits per heavy atom. The fraction of sp³-hybridized carbons (Fsp3) is 0.750. The molecule has 1 spiro atoms. The average molecular weight is 288 g/mol. The van der Waals surface area contributed by atoms with E-state index in [1.54, 1.807) is 0 Å². The van der Waals surface area contributed by atoms with Crippen molar-refractivity contribution in [1.29, 1.82) is 0 Å². The maximum atomic E-state index is 5.84. The largest absolute Gasteiger partial charge is 0.378 e. The molecule has 3 heterocycles. The maximum Gasteiger partial charge on any atom is 0.225 e. The molecule has 114 valence electrons. The molecule has 3 fully saturated rings. The van der Waals surface area contributed by atoms with E-state index in [9.17, 15) is 0 Å². The Hall–Kier alpha value is -1.20. The van der Waals surface area contributed by atoms with Crippen LogP contribution in [-0.2, 0) is 4.74 Å². The van der Waals surface area contributed by atoms with Crippen molar-refractivity contribution in [3.8, 4) is 0 Å². The molecule has 1 saturated carbocycles. The third-order valence-electron chi connectivity index (χ3n) is 5.25. The molecular formula is C16H24N4O. The molecule has 1 aromatic heterocycles. The fourth-order valence-corrected chi connectivity index (χ4v) is 3.70. The van der Waals surface area contributed by atoms with Gasteiger partial charge in [-0.3, -0.25) is 4.90 Å². The van der Waals surface area contributed by atoms with Crippen molar-refractivity contribution in [1.82, 2.24) is 14.9 Å². The summed E-state index contributed by atoms with van der Waals surface area (Å²) >= 11 is 0. The number of anilines is 1. The molecule has 1 aromatic rings. The van der Waals surface area contributed by atoms with Crippen molar-refractivity contribution in [2.24, 2.45) is 5.92 Å². The van der Waals surface area contributed by atoms with Crippen LogP contribution in [0.1, 0.15) is 25.7 Å². The number of hydrogen-bond acceptors (Lipinski definition) is 5. The van der Waals surface area contributed by atoms with Crippen LogP contribution < -0.4 is 4.90 Å². The smallest absolute Gasteiger partial charge is 0.225 e. The lowest BCUT2D eigenvalue weighted by Crippen LogP contribution is -2.62. The molecule has 0 amide bonds. The van der Waals surface area contributed by atoms with E-state index in [0.717, 1.165) is 57.6 Å². The van der Waals surface area contributed by atoms with E-state index in [0.29, 0.717) is 0 Å². The molecular weight excluding hydrogens is 264 g/mol. The molecule has 0 unspecified atom stereocenters. The predicted octanol–water partition coefficient (Wildman–Crippen LogP) is 1.56. The van der Waals surface area contributed by atoms with Gasteiger partial charge in [-0.05, 0) is 37.7 Å². The highest BCUT2D eigenvalue weighted by molar-refractivity contribution is 5.30. The topological polar surface area (TPSA) is 41.5 Å². The summed E-state index contributed by atoms with van der Waals surface area (Å²) in [7, 11) is 0. The monoisotopic (exact) mass is 288 g/mol. The van der Waals surface area contributed by atoms with Gasteiger partial charge in [0.25, 0.3) is 0 Å². The van der Waals surface area contributed by atoms with Gasteiger partial charge in [0.05, 0.1) is 13.2 Å². The normalized spacial score (nSPS) is 26.2. The maximum absolute atomic E-state index is 5.84. The molecule has 0 radical (unpaired) electrons. The Labute approximate surface area is 126 Å². The summed E-state index contributed by atoms with van der Waals surface area (Å²) in [5.74, 6) is 1.83. The minimum atomic E-state index is 0.270. The van der Waals surface area contributed by atoms with Crippen molar-refractivity contribution < 1.29 is 4.74 Å². The number of rotatable bonds is 3. The van der Waals surface area contributed by atoms with Gasteiger partial charge < -0.3 is 9.64 Å². The molecule has 2 saturated heterocycles.